The largest absolute Gasteiger partial charge is 0.451 e. The van der Waals surface area contributed by atoms with E-state index in [-0.39, 0.29) is 12.2 Å². The first kappa shape index (κ1) is 17.7. The molecular weight excluding hydrogens is 361 g/mol. The molecule has 2 aromatic heterocycles. The molecule has 0 radical (unpaired) electrons. The van der Waals surface area contributed by atoms with Gasteiger partial charge in [-0.15, -0.1) is 21.5 Å². The number of carbonyl (C=O) groups excluding carboxylic acids is 2. The summed E-state index contributed by atoms with van der Waals surface area (Å²) in [6.07, 6.45) is -1.06. The van der Waals surface area contributed by atoms with Gasteiger partial charge < -0.3 is 10.1 Å². The van der Waals surface area contributed by atoms with E-state index in [1.807, 2.05) is 17.5 Å². The molecule has 2 heterocycles. The van der Waals surface area contributed by atoms with Crippen molar-refractivity contribution in [3.63, 3.8) is 0 Å². The number of tetrazole rings is 1. The van der Waals surface area contributed by atoms with E-state index in [9.17, 15) is 14.0 Å². The van der Waals surface area contributed by atoms with Crippen LogP contribution in [0.15, 0.2) is 41.8 Å². The SMILES string of the molecule is C[C@@H](OC(=O)Cn1nnc(-c2cccs2)n1)C(=O)Nc1cccc(F)c1. The third kappa shape index (κ3) is 4.48. The first-order valence-corrected chi connectivity index (χ1v) is 8.47. The Morgan fingerprint density at radius 3 is 2.92 bits per heavy atom. The fourth-order valence-electron chi connectivity index (χ4n) is 2.03. The van der Waals surface area contributed by atoms with Gasteiger partial charge in [-0.3, -0.25) is 4.79 Å². The Bertz CT molecular complexity index is 912. The van der Waals surface area contributed by atoms with E-state index in [0.717, 1.165) is 15.7 Å². The minimum absolute atomic E-state index is 0.274. The Morgan fingerprint density at radius 1 is 1.35 bits per heavy atom. The number of ether oxygens (including phenoxy) is 1. The molecule has 0 spiro atoms. The minimum Gasteiger partial charge on any atom is -0.451 e. The highest BCUT2D eigenvalue weighted by molar-refractivity contribution is 7.13. The van der Waals surface area contributed by atoms with Crippen molar-refractivity contribution in [2.45, 2.75) is 19.6 Å². The van der Waals surface area contributed by atoms with E-state index < -0.39 is 23.8 Å². The number of hydrogen-bond donors (Lipinski definition) is 1. The van der Waals surface area contributed by atoms with Crippen LogP contribution in [0.5, 0.6) is 0 Å². The van der Waals surface area contributed by atoms with Gasteiger partial charge in [-0.25, -0.2) is 9.18 Å². The van der Waals surface area contributed by atoms with E-state index in [1.54, 1.807) is 0 Å². The number of nitrogens with zero attached hydrogens (tertiary/aromatic N) is 4. The molecule has 8 nitrogen and oxygen atoms in total. The van der Waals surface area contributed by atoms with Crippen molar-refractivity contribution >= 4 is 28.9 Å². The molecule has 0 fully saturated rings. The second kappa shape index (κ2) is 7.83. The smallest absolute Gasteiger partial charge is 0.330 e. The summed E-state index contributed by atoms with van der Waals surface area (Å²) in [5, 5.41) is 16.1. The van der Waals surface area contributed by atoms with Crippen molar-refractivity contribution in [1.29, 1.82) is 0 Å². The summed E-state index contributed by atoms with van der Waals surface area (Å²) in [5.74, 6) is -1.34. The number of benzene rings is 1. The highest BCUT2D eigenvalue weighted by Gasteiger charge is 2.19. The number of aromatic nitrogens is 4. The van der Waals surface area contributed by atoms with Crippen LogP contribution in [0.3, 0.4) is 0 Å². The van der Waals surface area contributed by atoms with Crippen molar-refractivity contribution in [1.82, 2.24) is 20.2 Å². The number of nitrogens with one attached hydrogen (secondary N) is 1. The molecule has 1 amide bonds. The molecule has 134 valence electrons. The lowest BCUT2D eigenvalue weighted by Gasteiger charge is -2.13. The number of thiophene rings is 1. The number of amides is 1. The fraction of sp³-hybridized carbons (Fsp3) is 0.188. The quantitative estimate of drug-likeness (QED) is 0.663. The van der Waals surface area contributed by atoms with E-state index >= 15 is 0 Å². The number of rotatable bonds is 6. The second-order valence-electron chi connectivity index (χ2n) is 5.25. The van der Waals surface area contributed by atoms with Crippen molar-refractivity contribution in [2.75, 3.05) is 5.32 Å². The highest BCUT2D eigenvalue weighted by atomic mass is 32.1. The Morgan fingerprint density at radius 2 is 2.19 bits per heavy atom. The zero-order valence-electron chi connectivity index (χ0n) is 13.6. The molecule has 10 heteroatoms. The van der Waals surface area contributed by atoms with Crippen molar-refractivity contribution in [2.24, 2.45) is 0 Å². The number of carbonyl (C=O) groups is 2. The summed E-state index contributed by atoms with van der Waals surface area (Å²) < 4.78 is 18.2. The van der Waals surface area contributed by atoms with E-state index in [1.165, 1.54) is 36.5 Å². The lowest BCUT2D eigenvalue weighted by Crippen LogP contribution is -2.31. The molecule has 0 unspecified atom stereocenters. The maximum atomic E-state index is 13.1. The highest BCUT2D eigenvalue weighted by Crippen LogP contribution is 2.19. The number of esters is 1. The van der Waals surface area contributed by atoms with Gasteiger partial charge in [0.15, 0.2) is 12.6 Å². The van der Waals surface area contributed by atoms with E-state index in [0.29, 0.717) is 5.82 Å². The van der Waals surface area contributed by atoms with Gasteiger partial charge in [0.1, 0.15) is 5.82 Å². The molecule has 0 saturated heterocycles. The van der Waals surface area contributed by atoms with Gasteiger partial charge in [0.05, 0.1) is 4.88 Å². The topological polar surface area (TPSA) is 99.0 Å². The molecule has 26 heavy (non-hydrogen) atoms. The third-order valence-electron chi connectivity index (χ3n) is 3.23. The number of hydrogen-bond acceptors (Lipinski definition) is 7. The van der Waals surface area contributed by atoms with Crippen molar-refractivity contribution in [3.8, 4) is 10.7 Å². The average molecular weight is 375 g/mol. The summed E-state index contributed by atoms with van der Waals surface area (Å²) in [4.78, 5) is 25.9. The van der Waals surface area contributed by atoms with Crippen LogP contribution < -0.4 is 5.32 Å². The normalized spacial score (nSPS) is 11.8. The van der Waals surface area contributed by atoms with Crippen molar-refractivity contribution < 1.29 is 18.7 Å². The first-order valence-electron chi connectivity index (χ1n) is 7.59. The Kier molecular flexibility index (Phi) is 5.32. The van der Waals surface area contributed by atoms with Crippen LogP contribution in [0, 0.1) is 5.82 Å². The van der Waals surface area contributed by atoms with E-state index in [4.69, 9.17) is 4.74 Å². The lowest BCUT2D eigenvalue weighted by atomic mass is 10.3. The molecular formula is C16H14FN5O3S. The van der Waals surface area contributed by atoms with Crippen LogP contribution in [0.1, 0.15) is 6.92 Å². The van der Waals surface area contributed by atoms with E-state index in [2.05, 4.69) is 20.7 Å². The van der Waals surface area contributed by atoms with Crippen LogP contribution in [-0.2, 0) is 20.9 Å². The van der Waals surface area contributed by atoms with Crippen molar-refractivity contribution in [3.05, 3.63) is 47.6 Å². The zero-order valence-corrected chi connectivity index (χ0v) is 14.4. The molecule has 0 saturated carbocycles. The van der Waals surface area contributed by atoms with Crippen LogP contribution in [0.25, 0.3) is 10.7 Å². The molecule has 1 atom stereocenters. The molecule has 0 aliphatic heterocycles. The maximum absolute atomic E-state index is 13.1. The molecule has 0 aliphatic rings. The molecule has 3 rings (SSSR count). The summed E-state index contributed by atoms with van der Waals surface area (Å²) >= 11 is 1.45. The average Bonchev–Trinajstić information content (AvgIpc) is 3.25. The van der Waals surface area contributed by atoms with Gasteiger partial charge in [-0.05, 0) is 41.8 Å². The maximum Gasteiger partial charge on any atom is 0.330 e. The molecule has 1 N–H and O–H groups in total. The second-order valence-corrected chi connectivity index (χ2v) is 6.20. The van der Waals surface area contributed by atoms with Crippen LogP contribution in [0.2, 0.25) is 0 Å². The molecule has 0 bridgehead atoms. The number of halogens is 1. The van der Waals surface area contributed by atoms with Gasteiger partial charge in [0, 0.05) is 5.69 Å². The van der Waals surface area contributed by atoms with Gasteiger partial charge in [0.2, 0.25) is 5.82 Å². The Labute approximate surface area is 151 Å². The van der Waals surface area contributed by atoms with Crippen LogP contribution in [-0.4, -0.2) is 38.2 Å². The lowest BCUT2D eigenvalue weighted by molar-refractivity contribution is -0.154. The monoisotopic (exact) mass is 375 g/mol. The standard InChI is InChI=1S/C16H14FN5O3S/c1-10(16(24)18-12-5-2-4-11(17)8-12)25-14(23)9-22-20-15(19-21-22)13-6-3-7-26-13/h2-8,10H,9H2,1H3,(H,18,24)/t10-/m1/s1. The van der Waals surface area contributed by atoms with Gasteiger partial charge >= 0.3 is 5.97 Å². The Balaban J connectivity index is 1.53. The third-order valence-corrected chi connectivity index (χ3v) is 4.10. The summed E-state index contributed by atoms with van der Waals surface area (Å²) in [7, 11) is 0. The van der Waals surface area contributed by atoms with Gasteiger partial charge in [0.25, 0.3) is 5.91 Å². The Hall–Kier alpha value is -3.14. The summed E-state index contributed by atoms with van der Waals surface area (Å²) in [6.45, 7) is 1.13. The number of anilines is 1. The van der Waals surface area contributed by atoms with Crippen LogP contribution in [0.4, 0.5) is 10.1 Å². The summed E-state index contributed by atoms with van der Waals surface area (Å²) in [5.41, 5.74) is 0.274. The predicted molar refractivity (Wildman–Crippen MR) is 91.7 cm³/mol. The van der Waals surface area contributed by atoms with Crippen LogP contribution >= 0.6 is 11.3 Å². The summed E-state index contributed by atoms with van der Waals surface area (Å²) in [6, 6.07) is 9.10. The molecule has 1 aromatic carbocycles. The van der Waals surface area contributed by atoms with Gasteiger partial charge in [-0.2, -0.15) is 4.80 Å². The fourth-order valence-corrected chi connectivity index (χ4v) is 2.68. The van der Waals surface area contributed by atoms with Gasteiger partial charge in [-0.1, -0.05) is 12.1 Å². The first-order chi connectivity index (χ1) is 12.5. The molecule has 0 aliphatic carbocycles. The minimum atomic E-state index is -1.06. The molecule has 3 aromatic rings. The zero-order chi connectivity index (χ0) is 18.5. The predicted octanol–water partition coefficient (Wildman–Crippen LogP) is 2.11.